The summed E-state index contributed by atoms with van der Waals surface area (Å²) in [5.74, 6) is 3.97. The number of aliphatic hydroxyl groups is 2. The Morgan fingerprint density at radius 2 is 0.923 bits per heavy atom. The smallest absolute Gasteiger partial charge is 0.199 e. The summed E-state index contributed by atoms with van der Waals surface area (Å²) >= 11 is 18.2. The molecule has 0 aliphatic rings. The summed E-state index contributed by atoms with van der Waals surface area (Å²) in [6.45, 7) is 0.0648. The summed E-state index contributed by atoms with van der Waals surface area (Å²) in [5.41, 5.74) is 0. The molecule has 0 saturated heterocycles. The first-order valence-corrected chi connectivity index (χ1v) is 26.1. The summed E-state index contributed by atoms with van der Waals surface area (Å²) in [5, 5.41) is 24.5. The number of hydrogen-bond acceptors (Lipinski definition) is 18. The van der Waals surface area contributed by atoms with Gasteiger partial charge in [-0.3, -0.25) is 14.4 Å². The molecule has 0 aromatic heterocycles. The highest BCUT2D eigenvalue weighted by Gasteiger charge is 2.08. The Hall–Kier alpha value is 3.44. The van der Waals surface area contributed by atoms with Crippen molar-refractivity contribution in [2.45, 2.75) is 0 Å². The van der Waals surface area contributed by atoms with Crippen LogP contribution >= 0.6 is 141 Å². The van der Waals surface area contributed by atoms with Crippen LogP contribution in [0.25, 0.3) is 0 Å². The lowest BCUT2D eigenvalue weighted by Gasteiger charge is -2.10. The summed E-state index contributed by atoms with van der Waals surface area (Å²) in [4.78, 5) is 34.8. The quantitative estimate of drug-likeness (QED) is 0.0544. The molecule has 19 heteroatoms. The highest BCUT2D eigenvalue weighted by Crippen LogP contribution is 2.25. The highest BCUT2D eigenvalue weighted by atomic mass is 32.3. The van der Waals surface area contributed by atoms with E-state index < -0.39 is 11.2 Å². The Labute approximate surface area is 287 Å². The van der Waals surface area contributed by atoms with E-state index in [2.05, 4.69) is 0 Å². The van der Waals surface area contributed by atoms with Crippen LogP contribution in [-0.4, -0.2) is 124 Å². The van der Waals surface area contributed by atoms with E-state index in [1.165, 1.54) is 35.3 Å². The normalized spacial score (nSPS) is 12.1. The second-order valence-electron chi connectivity index (χ2n) is 6.47. The zero-order valence-electron chi connectivity index (χ0n) is 21.4. The van der Waals surface area contributed by atoms with Crippen LogP contribution in [0, 0.1) is 0 Å². The molecule has 0 rings (SSSR count). The van der Waals surface area contributed by atoms with Gasteiger partial charge in [-0.15, -0.1) is 94.1 Å². The number of aliphatic hydroxyl groups excluding tert-OH is 2. The fraction of sp³-hybridized carbons (Fsp3) is 0.850. The molecule has 0 aliphatic heterocycles. The van der Waals surface area contributed by atoms with Crippen molar-refractivity contribution < 1.29 is 29.1 Å². The van der Waals surface area contributed by atoms with Crippen molar-refractivity contribution in [1.82, 2.24) is 0 Å². The van der Waals surface area contributed by atoms with Gasteiger partial charge in [0.15, 0.2) is 20.4 Å². The third-order valence-electron chi connectivity index (χ3n) is 3.34. The van der Waals surface area contributed by atoms with Gasteiger partial charge in [0.2, 0.25) is 0 Å². The Kier molecular flexibility index (Phi) is 37.3. The monoisotopic (exact) mass is 788 g/mol. The van der Waals surface area contributed by atoms with Crippen molar-refractivity contribution in [3.05, 3.63) is 0 Å². The minimum absolute atomic E-state index is 0.0281. The van der Waals surface area contributed by atoms with E-state index in [-0.39, 0.29) is 28.6 Å². The van der Waals surface area contributed by atoms with Crippen molar-refractivity contribution in [1.29, 1.82) is 0 Å². The predicted octanol–water partition coefficient (Wildman–Crippen LogP) is 5.76. The fourth-order valence-corrected chi connectivity index (χ4v) is 16.7. The van der Waals surface area contributed by atoms with E-state index in [9.17, 15) is 18.9 Å². The molecular formula is C20H36O6S13. The lowest BCUT2D eigenvalue weighted by Crippen LogP contribution is -2.11. The molecule has 0 bridgehead atoms. The van der Waals surface area contributed by atoms with Gasteiger partial charge in [0.05, 0.1) is 30.5 Å². The first-order valence-electron chi connectivity index (χ1n) is 11.2. The average Bonchev–Trinajstić information content (AvgIpc) is 2.92. The Balaban J connectivity index is 3.34. The van der Waals surface area contributed by atoms with Gasteiger partial charge in [-0.1, -0.05) is 47.0 Å². The van der Waals surface area contributed by atoms with Gasteiger partial charge in [0.1, 0.15) is 5.75 Å². The second-order valence-corrected chi connectivity index (χ2v) is 23.3. The predicted molar refractivity (Wildman–Crippen MR) is 201 cm³/mol. The molecule has 1 atom stereocenters. The van der Waals surface area contributed by atoms with E-state index >= 15 is 0 Å². The van der Waals surface area contributed by atoms with Crippen LogP contribution in [0.2, 0.25) is 0 Å². The molecule has 0 aromatic carbocycles. The molecule has 1 unspecified atom stereocenters. The zero-order chi connectivity index (χ0) is 28.8. The van der Waals surface area contributed by atoms with E-state index in [1.807, 2.05) is 0 Å². The molecule has 0 heterocycles. The van der Waals surface area contributed by atoms with E-state index in [0.717, 1.165) is 41.3 Å². The van der Waals surface area contributed by atoms with Gasteiger partial charge in [-0.2, -0.15) is 0 Å². The second kappa shape index (κ2) is 34.3. The Bertz CT molecular complexity index is 608. The number of carbonyl (C=O) groups is 3. The molecule has 0 radical (unpaired) electrons. The maximum Gasteiger partial charge on any atom is 0.199 e. The summed E-state index contributed by atoms with van der Waals surface area (Å²) in [7, 11) is 0. The average molecular weight is 789 g/mol. The SMILES string of the molecule is O=C(CSCSCSCC[S+]([O-])CSCSCSCSC(=O)CSCSCSCC(=O)SCCO)SCCO. The van der Waals surface area contributed by atoms with E-state index in [4.69, 9.17) is 10.2 Å². The lowest BCUT2D eigenvalue weighted by molar-refractivity contribution is -0.109. The third kappa shape index (κ3) is 34.2. The van der Waals surface area contributed by atoms with Crippen LogP contribution in [0.1, 0.15) is 0 Å². The molecule has 2 N–H and O–H groups in total. The van der Waals surface area contributed by atoms with Crippen LogP contribution in [0.3, 0.4) is 0 Å². The number of hydrogen-bond donors (Lipinski definition) is 2. The molecule has 0 fully saturated rings. The molecular weight excluding hydrogens is 753 g/mol. The van der Waals surface area contributed by atoms with Crippen molar-refractivity contribution >= 4 is 168 Å². The van der Waals surface area contributed by atoms with E-state index in [1.54, 1.807) is 106 Å². The number of thioether (sulfide) groups is 12. The number of carbonyl (C=O) groups excluding carboxylic acids is 3. The van der Waals surface area contributed by atoms with Gasteiger partial charge in [0, 0.05) is 52.9 Å². The zero-order valence-corrected chi connectivity index (χ0v) is 32.0. The molecule has 0 aliphatic carbocycles. The molecule has 0 aromatic rings. The van der Waals surface area contributed by atoms with E-state index in [0.29, 0.717) is 39.6 Å². The summed E-state index contributed by atoms with van der Waals surface area (Å²) in [6.07, 6.45) is 0. The topological polar surface area (TPSA) is 115 Å². The van der Waals surface area contributed by atoms with Crippen LogP contribution in [0.15, 0.2) is 0 Å². The van der Waals surface area contributed by atoms with Crippen LogP contribution in [-0.2, 0) is 25.6 Å². The lowest BCUT2D eigenvalue weighted by atomic mass is 10.9. The van der Waals surface area contributed by atoms with Gasteiger partial charge in [-0.05, 0) is 11.2 Å². The molecule has 0 saturated carbocycles. The summed E-state index contributed by atoms with van der Waals surface area (Å²) < 4.78 is 12.1. The summed E-state index contributed by atoms with van der Waals surface area (Å²) in [6, 6.07) is 0. The minimum Gasteiger partial charge on any atom is -0.616 e. The van der Waals surface area contributed by atoms with Gasteiger partial charge in [0.25, 0.3) is 0 Å². The fourth-order valence-electron chi connectivity index (χ4n) is 1.81. The molecule has 39 heavy (non-hydrogen) atoms. The van der Waals surface area contributed by atoms with Gasteiger partial charge in [-0.25, -0.2) is 0 Å². The van der Waals surface area contributed by atoms with Crippen molar-refractivity contribution in [3.63, 3.8) is 0 Å². The maximum absolute atomic E-state index is 12.1. The molecule has 0 amide bonds. The van der Waals surface area contributed by atoms with Gasteiger partial charge >= 0.3 is 0 Å². The molecule has 0 spiro atoms. The van der Waals surface area contributed by atoms with Crippen LogP contribution in [0.4, 0.5) is 0 Å². The first kappa shape index (κ1) is 42.4. The van der Waals surface area contributed by atoms with Crippen LogP contribution in [0.5, 0.6) is 0 Å². The first-order chi connectivity index (χ1) is 19.0. The number of rotatable bonds is 29. The van der Waals surface area contributed by atoms with Crippen molar-refractivity contribution in [2.24, 2.45) is 0 Å². The molecule has 230 valence electrons. The van der Waals surface area contributed by atoms with Crippen molar-refractivity contribution in [3.8, 4) is 0 Å². The van der Waals surface area contributed by atoms with Gasteiger partial charge < -0.3 is 14.8 Å². The third-order valence-corrected chi connectivity index (χ3v) is 19.7. The Morgan fingerprint density at radius 3 is 1.44 bits per heavy atom. The largest absolute Gasteiger partial charge is 0.616 e. The molecule has 6 nitrogen and oxygen atoms in total. The Morgan fingerprint density at radius 1 is 0.513 bits per heavy atom. The minimum atomic E-state index is -0.802. The standard InChI is InChI=1S/C20H36O6S13/c21-1-3-36-18(23)7-28-11-31-10-27-5-6-39(26)17-35-15-33-14-34-16-38-20(25)9-30-13-32-12-29-8-19(24)37-4-2-22/h21-22H,1-17H2. The highest BCUT2D eigenvalue weighted by molar-refractivity contribution is 8.30. The van der Waals surface area contributed by atoms with Crippen molar-refractivity contribution in [2.75, 3.05) is 94.2 Å². The maximum atomic E-state index is 12.1. The van der Waals surface area contributed by atoms with Crippen LogP contribution < -0.4 is 0 Å².